The number of hydrogen-bond acceptors (Lipinski definition) is 3. The molecule has 1 aromatic carbocycles. The smallest absolute Gasteiger partial charge is 0.336 e. The van der Waals surface area contributed by atoms with Gasteiger partial charge in [0.05, 0.1) is 17.6 Å². The van der Waals surface area contributed by atoms with Crippen molar-refractivity contribution in [2.75, 3.05) is 33.2 Å². The third kappa shape index (κ3) is 2.84. The van der Waals surface area contributed by atoms with Crippen LogP contribution in [0.4, 0.5) is 0 Å². The van der Waals surface area contributed by atoms with Crippen molar-refractivity contribution in [3.8, 4) is 5.75 Å². The molecule has 118 valence electrons. The van der Waals surface area contributed by atoms with Crippen molar-refractivity contribution in [2.45, 2.75) is 13.5 Å². The molecule has 2 aromatic rings. The molecule has 0 radical (unpaired) electrons. The van der Waals surface area contributed by atoms with Gasteiger partial charge in [-0.1, -0.05) is 11.6 Å². The number of aryl methyl sites for hydroxylation is 1. The second-order valence-electron chi connectivity index (χ2n) is 6.19. The minimum Gasteiger partial charge on any atom is -0.506 e. The normalized spacial score (nSPS) is 22.1. The van der Waals surface area contributed by atoms with Crippen molar-refractivity contribution in [3.05, 3.63) is 38.7 Å². The molecule has 0 aliphatic carbocycles. The Morgan fingerprint density at radius 2 is 1.95 bits per heavy atom. The highest BCUT2D eigenvalue weighted by atomic mass is 35.5. The van der Waals surface area contributed by atoms with E-state index in [1.165, 1.54) is 15.9 Å². The average molecular weight is 325 g/mol. The molecule has 0 amide bonds. The van der Waals surface area contributed by atoms with Crippen molar-refractivity contribution >= 4 is 22.6 Å². The average Bonchev–Trinajstić information content (AvgIpc) is 2.47. The van der Waals surface area contributed by atoms with Crippen LogP contribution in [0.3, 0.4) is 0 Å². The number of phenolic OH excluding ortho intramolecular Hbond substituents is 1. The van der Waals surface area contributed by atoms with Crippen LogP contribution in [-0.2, 0) is 6.54 Å². The molecule has 22 heavy (non-hydrogen) atoms. The Bertz CT molecular complexity index is 764. The molecule has 6 heteroatoms. The fourth-order valence-electron chi connectivity index (χ4n) is 3.09. The number of nitrogens with one attached hydrogen (secondary N) is 2. The zero-order valence-corrected chi connectivity index (χ0v) is 13.6. The van der Waals surface area contributed by atoms with E-state index in [1.54, 1.807) is 6.07 Å². The fourth-order valence-corrected chi connectivity index (χ4v) is 3.31. The second-order valence-corrected chi connectivity index (χ2v) is 6.60. The lowest BCUT2D eigenvalue weighted by molar-refractivity contribution is -1.01. The Morgan fingerprint density at radius 1 is 1.27 bits per heavy atom. The number of phenols is 1. The Kier molecular flexibility index (Phi) is 4.12. The highest BCUT2D eigenvalue weighted by Gasteiger charge is 2.24. The predicted molar refractivity (Wildman–Crippen MR) is 84.9 cm³/mol. The number of aromatic hydroxyl groups is 1. The van der Waals surface area contributed by atoms with Crippen molar-refractivity contribution in [1.29, 1.82) is 0 Å². The zero-order chi connectivity index (χ0) is 15.9. The largest absolute Gasteiger partial charge is 0.506 e. The summed E-state index contributed by atoms with van der Waals surface area (Å²) in [4.78, 5) is 14.6. The molecule has 0 atom stereocenters. The van der Waals surface area contributed by atoms with Gasteiger partial charge in [0.2, 0.25) is 0 Å². The van der Waals surface area contributed by atoms with Crippen LogP contribution in [0, 0.1) is 6.92 Å². The molecule has 3 rings (SSSR count). The minimum absolute atomic E-state index is 0.0293. The third-order valence-corrected chi connectivity index (χ3v) is 4.79. The van der Waals surface area contributed by atoms with E-state index >= 15 is 0 Å². The molecule has 0 saturated carbocycles. The van der Waals surface area contributed by atoms with E-state index in [2.05, 4.69) is 7.05 Å². The second kappa shape index (κ2) is 5.91. The van der Waals surface area contributed by atoms with Crippen LogP contribution in [-0.4, -0.2) is 38.3 Å². The van der Waals surface area contributed by atoms with Crippen LogP contribution < -0.4 is 15.4 Å². The number of likely N-dealkylation sites (N-methyl/N-ethyl adjacent to an activating group) is 1. The van der Waals surface area contributed by atoms with Gasteiger partial charge in [-0.2, -0.15) is 0 Å². The molecule has 0 bridgehead atoms. The van der Waals surface area contributed by atoms with Gasteiger partial charge in [-0.15, -0.1) is 0 Å². The predicted octanol–water partition coefficient (Wildman–Crippen LogP) is -0.626. The maximum absolute atomic E-state index is 11.7. The monoisotopic (exact) mass is 324 g/mol. The van der Waals surface area contributed by atoms with Gasteiger partial charge in [-0.3, -0.25) is 0 Å². The van der Waals surface area contributed by atoms with Gasteiger partial charge in [0.25, 0.3) is 0 Å². The Balaban J connectivity index is 2.07. The van der Waals surface area contributed by atoms with Crippen LogP contribution in [0.15, 0.2) is 21.3 Å². The van der Waals surface area contributed by atoms with Crippen LogP contribution in [0.1, 0.15) is 11.1 Å². The maximum atomic E-state index is 11.7. The summed E-state index contributed by atoms with van der Waals surface area (Å²) in [5.74, 6) is 0.0293. The molecular weight excluding hydrogens is 304 g/mol. The summed E-state index contributed by atoms with van der Waals surface area (Å²) in [6, 6.07) is 3.11. The zero-order valence-electron chi connectivity index (χ0n) is 12.8. The number of hydrogen-bond donors (Lipinski definition) is 3. The molecule has 2 heterocycles. The molecule has 5 nitrogen and oxygen atoms in total. The van der Waals surface area contributed by atoms with E-state index in [4.69, 9.17) is 16.0 Å². The van der Waals surface area contributed by atoms with Crippen molar-refractivity contribution < 1.29 is 19.3 Å². The van der Waals surface area contributed by atoms with Crippen LogP contribution >= 0.6 is 11.6 Å². The highest BCUT2D eigenvalue weighted by Crippen LogP contribution is 2.34. The van der Waals surface area contributed by atoms with E-state index in [-0.39, 0.29) is 5.75 Å². The summed E-state index contributed by atoms with van der Waals surface area (Å²) in [5.41, 5.74) is 1.52. The number of rotatable bonds is 2. The molecule has 1 fully saturated rings. The first-order chi connectivity index (χ1) is 10.5. The first-order valence-electron chi connectivity index (χ1n) is 7.55. The van der Waals surface area contributed by atoms with Gasteiger partial charge in [0.1, 0.15) is 38.5 Å². The number of fused-ring (bicyclic) bond motifs is 1. The molecule has 1 aromatic heterocycles. The summed E-state index contributed by atoms with van der Waals surface area (Å²) >= 11 is 6.16. The Hall–Kier alpha value is -1.56. The molecule has 0 unspecified atom stereocenters. The standard InChI is InChI=1S/C16H19ClN2O3/c1-10-7-14(20)22-16-11(10)8-13(17)15(21)12(16)9-19-5-3-18(2)4-6-19/h7-8,21H,3-6,9H2,1-2H3/p+2. The maximum Gasteiger partial charge on any atom is 0.336 e. The van der Waals surface area contributed by atoms with Gasteiger partial charge in [0.15, 0.2) is 5.58 Å². The highest BCUT2D eigenvalue weighted by molar-refractivity contribution is 6.33. The van der Waals surface area contributed by atoms with E-state index in [0.717, 1.165) is 37.1 Å². The molecule has 1 aliphatic rings. The van der Waals surface area contributed by atoms with Crippen LogP contribution in [0.5, 0.6) is 5.75 Å². The topological polar surface area (TPSA) is 59.3 Å². The third-order valence-electron chi connectivity index (χ3n) is 4.50. The summed E-state index contributed by atoms with van der Waals surface area (Å²) in [7, 11) is 2.19. The Morgan fingerprint density at radius 3 is 2.64 bits per heavy atom. The molecule has 1 aliphatic heterocycles. The van der Waals surface area contributed by atoms with Crippen molar-refractivity contribution in [1.82, 2.24) is 0 Å². The SMILES string of the molecule is Cc1cc(=O)oc2c(C[NH+]3CC[NH+](C)CC3)c(O)c(Cl)cc12. The molecule has 1 saturated heterocycles. The molecule has 0 spiro atoms. The van der Waals surface area contributed by atoms with E-state index < -0.39 is 5.63 Å². The summed E-state index contributed by atoms with van der Waals surface area (Å²) < 4.78 is 5.38. The van der Waals surface area contributed by atoms with Crippen molar-refractivity contribution in [2.24, 2.45) is 0 Å². The summed E-state index contributed by atoms with van der Waals surface area (Å²) in [6.45, 7) is 6.70. The number of benzene rings is 1. The minimum atomic E-state index is -0.397. The number of quaternary nitrogens is 2. The van der Waals surface area contributed by atoms with E-state index in [1.807, 2.05) is 6.92 Å². The van der Waals surface area contributed by atoms with Gasteiger partial charge >= 0.3 is 5.63 Å². The van der Waals surface area contributed by atoms with Gasteiger partial charge in [-0.05, 0) is 18.6 Å². The van der Waals surface area contributed by atoms with Crippen molar-refractivity contribution in [3.63, 3.8) is 0 Å². The van der Waals surface area contributed by atoms with Crippen LogP contribution in [0.2, 0.25) is 5.02 Å². The summed E-state index contributed by atoms with van der Waals surface area (Å²) in [5, 5.41) is 11.4. The van der Waals surface area contributed by atoms with Gasteiger partial charge in [-0.25, -0.2) is 4.79 Å². The number of halogens is 1. The van der Waals surface area contributed by atoms with E-state index in [9.17, 15) is 9.90 Å². The summed E-state index contributed by atoms with van der Waals surface area (Å²) in [6.07, 6.45) is 0. The lowest BCUT2D eigenvalue weighted by Crippen LogP contribution is -3.26. The van der Waals surface area contributed by atoms with Gasteiger partial charge in [0, 0.05) is 11.5 Å². The first-order valence-corrected chi connectivity index (χ1v) is 7.93. The quantitative estimate of drug-likeness (QED) is 0.645. The number of piperazine rings is 1. The van der Waals surface area contributed by atoms with Crippen LogP contribution in [0.25, 0.3) is 11.0 Å². The van der Waals surface area contributed by atoms with E-state index in [0.29, 0.717) is 22.7 Å². The molecular formula is C16H21ClN2O3+2. The Labute approximate surface area is 133 Å². The molecule has 3 N–H and O–H groups in total. The first kappa shape index (κ1) is 15.3. The lowest BCUT2D eigenvalue weighted by atomic mass is 10.1. The fraction of sp³-hybridized carbons (Fsp3) is 0.438. The van der Waals surface area contributed by atoms with Gasteiger partial charge < -0.3 is 19.3 Å². The lowest BCUT2D eigenvalue weighted by Gasteiger charge is -2.27.